The first-order valence-corrected chi connectivity index (χ1v) is 18.3. The van der Waals surface area contributed by atoms with Crippen molar-refractivity contribution in [3.8, 4) is 23.2 Å². The summed E-state index contributed by atoms with van der Waals surface area (Å²) < 4.78 is 128. The summed E-state index contributed by atoms with van der Waals surface area (Å²) in [5.74, 6) is -2.15. The molecular formula is C37H35F8N7O2S. The second-order valence-corrected chi connectivity index (χ2v) is 15.4. The molecule has 2 N–H and O–H groups in total. The number of aromatic nitrogens is 2. The van der Waals surface area contributed by atoms with Crippen LogP contribution in [0, 0.1) is 23.1 Å². The first kappa shape index (κ1) is 38.5. The fourth-order valence-electron chi connectivity index (χ4n) is 8.42. The molecule has 1 aliphatic carbocycles. The zero-order chi connectivity index (χ0) is 39.8. The molecule has 2 fully saturated rings. The highest BCUT2D eigenvalue weighted by Crippen LogP contribution is 2.52. The highest BCUT2D eigenvalue weighted by Gasteiger charge is 2.50. The molecular weight excluding hydrogens is 759 g/mol. The minimum absolute atomic E-state index is 0.0351. The maximum atomic E-state index is 15.7. The third kappa shape index (κ3) is 6.58. The van der Waals surface area contributed by atoms with Gasteiger partial charge in [-0.3, -0.25) is 9.69 Å². The van der Waals surface area contributed by atoms with Crippen molar-refractivity contribution >= 4 is 49.1 Å². The van der Waals surface area contributed by atoms with Crippen LogP contribution in [0.4, 0.5) is 45.9 Å². The number of fused-ring (bicyclic) bond motifs is 3. The zero-order valence-corrected chi connectivity index (χ0v) is 30.6. The number of anilines is 2. The first-order chi connectivity index (χ1) is 25.9. The molecule has 2 saturated heterocycles. The predicted molar refractivity (Wildman–Crippen MR) is 191 cm³/mol. The smallest absolute Gasteiger partial charge is 0.419 e. The molecule has 292 valence electrons. The lowest BCUT2D eigenvalue weighted by atomic mass is 9.88. The van der Waals surface area contributed by atoms with Crippen molar-refractivity contribution in [3.63, 3.8) is 0 Å². The van der Waals surface area contributed by atoms with Gasteiger partial charge in [0.15, 0.2) is 0 Å². The van der Waals surface area contributed by atoms with Gasteiger partial charge in [0, 0.05) is 56.0 Å². The normalized spacial score (nSPS) is 22.8. The van der Waals surface area contributed by atoms with Crippen molar-refractivity contribution in [2.45, 2.75) is 62.7 Å². The molecule has 4 heterocycles. The van der Waals surface area contributed by atoms with Crippen molar-refractivity contribution in [2.75, 3.05) is 51.0 Å². The molecule has 4 atom stereocenters. The predicted octanol–water partition coefficient (Wildman–Crippen LogP) is 7.96. The minimum Gasteiger partial charge on any atom is -0.461 e. The number of nitrogen functional groups attached to an aromatic ring is 1. The third-order valence-electron chi connectivity index (χ3n) is 10.8. The molecule has 2 aromatic heterocycles. The van der Waals surface area contributed by atoms with E-state index >= 15 is 30.7 Å². The number of likely N-dealkylation sites (N-methyl/N-ethyl adjacent to an activating group) is 1. The second kappa shape index (κ2) is 13.8. The number of benzene rings is 2. The number of hydrogen-bond acceptors (Lipinski definition) is 9. The fourth-order valence-corrected chi connectivity index (χ4v) is 9.37. The van der Waals surface area contributed by atoms with E-state index in [2.05, 4.69) is 9.97 Å². The number of carbonyl (C=O) groups excluding carboxylic acids is 1. The van der Waals surface area contributed by atoms with Crippen LogP contribution in [0.15, 0.2) is 30.4 Å². The Kier molecular flexibility index (Phi) is 9.64. The third-order valence-corrected chi connectivity index (χ3v) is 11.8. The van der Waals surface area contributed by atoms with E-state index in [9.17, 15) is 14.4 Å². The molecule has 1 amide bonds. The maximum Gasteiger partial charge on any atom is 0.419 e. The van der Waals surface area contributed by atoms with Gasteiger partial charge in [-0.2, -0.15) is 41.6 Å². The minimum atomic E-state index is -5.52. The Hall–Kier alpha value is -4.76. The van der Waals surface area contributed by atoms with E-state index in [4.69, 9.17) is 10.5 Å². The largest absolute Gasteiger partial charge is 0.461 e. The Morgan fingerprint density at radius 1 is 1.16 bits per heavy atom. The van der Waals surface area contributed by atoms with Gasteiger partial charge in [0.05, 0.1) is 38.4 Å². The lowest BCUT2D eigenvalue weighted by Gasteiger charge is -2.32. The zero-order valence-electron chi connectivity index (χ0n) is 29.8. The Morgan fingerprint density at radius 3 is 2.56 bits per heavy atom. The molecule has 9 nitrogen and oxygen atoms in total. The molecule has 0 saturated carbocycles. The molecule has 2 aromatic carbocycles. The second-order valence-electron chi connectivity index (χ2n) is 14.3. The van der Waals surface area contributed by atoms with Gasteiger partial charge in [-0.25, -0.2) is 8.78 Å². The Morgan fingerprint density at radius 2 is 1.91 bits per heavy atom. The van der Waals surface area contributed by atoms with Crippen LogP contribution in [0.5, 0.6) is 6.01 Å². The summed E-state index contributed by atoms with van der Waals surface area (Å²) in [5, 5.41) is 8.49. The summed E-state index contributed by atoms with van der Waals surface area (Å²) in [6.07, 6.45) is -7.26. The molecule has 18 heteroatoms. The summed E-state index contributed by atoms with van der Waals surface area (Å²) in [5.41, 5.74) is -1.90. The van der Waals surface area contributed by atoms with Crippen molar-refractivity contribution < 1.29 is 44.7 Å². The number of nitriles is 1. The van der Waals surface area contributed by atoms with Crippen LogP contribution in [0.25, 0.3) is 32.1 Å². The molecule has 4 aromatic rings. The van der Waals surface area contributed by atoms with Crippen molar-refractivity contribution in [3.05, 3.63) is 52.9 Å². The van der Waals surface area contributed by atoms with E-state index in [0.717, 1.165) is 18.6 Å². The van der Waals surface area contributed by atoms with Gasteiger partial charge in [0.1, 0.15) is 35.5 Å². The van der Waals surface area contributed by atoms with Gasteiger partial charge in [-0.15, -0.1) is 11.3 Å². The maximum absolute atomic E-state index is 15.7. The lowest BCUT2D eigenvalue weighted by Crippen LogP contribution is -2.43. The van der Waals surface area contributed by atoms with Crippen LogP contribution < -0.4 is 15.4 Å². The lowest BCUT2D eigenvalue weighted by molar-refractivity contribution is -0.141. The molecule has 0 bridgehead atoms. The number of nitrogens with zero attached hydrogens (tertiary/aromatic N) is 6. The monoisotopic (exact) mass is 793 g/mol. The van der Waals surface area contributed by atoms with Gasteiger partial charge in [-0.1, -0.05) is 18.2 Å². The van der Waals surface area contributed by atoms with Gasteiger partial charge in [-0.05, 0) is 50.4 Å². The summed E-state index contributed by atoms with van der Waals surface area (Å²) in [4.78, 5) is 26.3. The number of thiophene rings is 1. The Labute approximate surface area is 313 Å². The van der Waals surface area contributed by atoms with Crippen molar-refractivity contribution in [2.24, 2.45) is 5.92 Å². The number of alkyl halides is 7. The van der Waals surface area contributed by atoms with Crippen LogP contribution in [0.3, 0.4) is 0 Å². The van der Waals surface area contributed by atoms with Crippen molar-refractivity contribution in [1.29, 1.82) is 5.26 Å². The van der Waals surface area contributed by atoms with Gasteiger partial charge in [0.25, 0.3) is 0 Å². The van der Waals surface area contributed by atoms with E-state index in [0.29, 0.717) is 30.4 Å². The quantitative estimate of drug-likeness (QED) is 0.141. The van der Waals surface area contributed by atoms with Gasteiger partial charge >= 0.3 is 18.4 Å². The van der Waals surface area contributed by atoms with Crippen LogP contribution in [0.2, 0.25) is 0 Å². The molecule has 7 rings (SSSR count). The topological polar surface area (TPSA) is 112 Å². The Balaban J connectivity index is 1.52. The number of amides is 1. The number of rotatable bonds is 8. The summed E-state index contributed by atoms with van der Waals surface area (Å²) in [6.45, 7) is 2.23. The van der Waals surface area contributed by atoms with E-state index in [-0.39, 0.29) is 49.3 Å². The van der Waals surface area contributed by atoms with Crippen molar-refractivity contribution in [1.82, 2.24) is 19.8 Å². The number of ether oxygens (including phenoxy) is 1. The number of carbonyl (C=O) groups is 1. The highest BCUT2D eigenvalue weighted by atomic mass is 32.1. The van der Waals surface area contributed by atoms with Crippen LogP contribution in [0.1, 0.15) is 49.3 Å². The average molecular weight is 794 g/mol. The summed E-state index contributed by atoms with van der Waals surface area (Å²) in [7, 11) is 3.13. The molecule has 0 unspecified atom stereocenters. The van der Waals surface area contributed by atoms with Crippen LogP contribution in [-0.4, -0.2) is 83.8 Å². The fraction of sp³-hybridized carbons (Fsp3) is 0.459. The Bertz CT molecular complexity index is 2270. The molecule has 55 heavy (non-hydrogen) atoms. The number of nitrogens with two attached hydrogens (primary N) is 1. The number of halogens is 8. The molecule has 0 radical (unpaired) electrons. The summed E-state index contributed by atoms with van der Waals surface area (Å²) >= 11 is 0.526. The molecule has 3 aliphatic rings. The van der Waals surface area contributed by atoms with E-state index in [1.165, 1.54) is 9.80 Å². The average Bonchev–Trinajstić information content (AvgIpc) is 3.88. The molecule has 0 spiro atoms. The van der Waals surface area contributed by atoms with Gasteiger partial charge < -0.3 is 20.3 Å². The van der Waals surface area contributed by atoms with E-state index in [1.807, 2.05) is 4.90 Å². The summed E-state index contributed by atoms with van der Waals surface area (Å²) in [6, 6.07) is 2.47. The highest BCUT2D eigenvalue weighted by molar-refractivity contribution is 7.23. The SMILES string of the molecule is CCN(c1nc(OC[C@@]23CCCN2C[C@H](F)C3)nc2c(C(F)(F)F)c(-c3ccc(F)c4sc(N)c(C#N)c34)c(C(F)(F)F)cc12)[C@H]1C=C[C@@H](C(=O)N(C)C)C1. The standard InChI is InChI=1S/C37H35F8N7O2S/c1-4-52(20-7-6-18(12-20)33(53)50(2)3)32-22-13-24(36(40,41)42)27(21-8-9-25(39)30-26(21)23(15-46)31(47)55-30)28(37(43,44)45)29(22)48-34(49-32)54-17-35-10-5-11-51(35)16-19(38)14-35/h6-9,13,18-20H,4-5,10-12,14,16-17,47H2,1-3H3/t18-,19-,20+,35+/m1/s1. The number of hydrogen-bond donors (Lipinski definition) is 1. The molecule has 2 aliphatic heterocycles. The first-order valence-electron chi connectivity index (χ1n) is 17.5. The van der Waals surface area contributed by atoms with Gasteiger partial charge in [0.2, 0.25) is 5.91 Å². The van der Waals surface area contributed by atoms with E-state index in [1.54, 1.807) is 39.2 Å². The van der Waals surface area contributed by atoms with Crippen LogP contribution >= 0.6 is 11.3 Å². The van der Waals surface area contributed by atoms with Crippen LogP contribution in [-0.2, 0) is 17.1 Å². The van der Waals surface area contributed by atoms with E-state index < -0.39 is 96.7 Å².